The Morgan fingerprint density at radius 2 is 1.28 bits per heavy atom. The van der Waals surface area contributed by atoms with Crippen molar-refractivity contribution in [3.05, 3.63) is 34.3 Å². The van der Waals surface area contributed by atoms with Crippen molar-refractivity contribution in [2.45, 2.75) is 231 Å². The lowest BCUT2D eigenvalue weighted by molar-refractivity contribution is -0.160. The van der Waals surface area contributed by atoms with Crippen LogP contribution in [0.1, 0.15) is 175 Å². The minimum Gasteiger partial charge on any atom is -0.354 e. The Hall–Kier alpha value is -7.06. The number of amides is 12. The molecule has 5 fully saturated rings. The molecule has 4 aliphatic heterocycles. The summed E-state index contributed by atoms with van der Waals surface area (Å²) < 4.78 is 41.2. The van der Waals surface area contributed by atoms with Crippen LogP contribution in [0.5, 0.6) is 0 Å². The molecule has 0 spiro atoms. The van der Waals surface area contributed by atoms with E-state index in [-0.39, 0.29) is 76.9 Å². The molecule has 1 aromatic rings. The number of piperidine rings is 1. The fraction of sp³-hybridized carbons (Fsp3) is 0.739. The lowest BCUT2D eigenvalue weighted by atomic mass is 9.84. The molecular formula is C69H106ClF3N12O12. The highest BCUT2D eigenvalue weighted by molar-refractivity contribution is 6.31. The van der Waals surface area contributed by atoms with E-state index in [4.69, 9.17) is 11.6 Å². The van der Waals surface area contributed by atoms with E-state index in [1.54, 1.807) is 32.6 Å². The molecule has 1 saturated carbocycles. The summed E-state index contributed by atoms with van der Waals surface area (Å²) in [6.07, 6.45) is 3.45. The number of nitrogens with one attached hydrogen (secondary N) is 3. The molecule has 4 heterocycles. The molecule has 5 aliphatic rings. The number of likely N-dealkylation sites (tertiary alicyclic amines) is 1. The highest BCUT2D eigenvalue weighted by atomic mass is 35.5. The fourth-order valence-electron chi connectivity index (χ4n) is 14.2. The first-order chi connectivity index (χ1) is 45.7. The van der Waals surface area contributed by atoms with Gasteiger partial charge in [-0.1, -0.05) is 90.8 Å². The van der Waals surface area contributed by atoms with Gasteiger partial charge >= 0.3 is 6.18 Å². The number of carbonyl (C=O) groups excluding carboxylic acids is 12. The van der Waals surface area contributed by atoms with Crippen molar-refractivity contribution in [2.24, 2.45) is 17.8 Å². The van der Waals surface area contributed by atoms with Crippen molar-refractivity contribution in [3.8, 4) is 0 Å². The fourth-order valence-corrected chi connectivity index (χ4v) is 14.5. The van der Waals surface area contributed by atoms with Gasteiger partial charge in [-0.2, -0.15) is 13.2 Å². The molecule has 0 radical (unpaired) electrons. The van der Waals surface area contributed by atoms with Gasteiger partial charge in [0.25, 0.3) is 0 Å². The van der Waals surface area contributed by atoms with Gasteiger partial charge in [0.1, 0.15) is 54.4 Å². The smallest absolute Gasteiger partial charge is 0.354 e. The summed E-state index contributed by atoms with van der Waals surface area (Å²) in [6, 6.07) is -7.21. The number of likely N-dealkylation sites (N-methyl/N-ethyl adjacent to an activating group) is 6. The first-order valence-electron chi connectivity index (χ1n) is 34.9. The van der Waals surface area contributed by atoms with Crippen molar-refractivity contribution in [2.75, 3.05) is 81.6 Å². The number of rotatable bonds is 10. The summed E-state index contributed by atoms with van der Waals surface area (Å²) in [5, 5.41) is 7.94. The average Bonchev–Trinajstić information content (AvgIpc) is 1.26. The van der Waals surface area contributed by atoms with Crippen LogP contribution in [0.2, 0.25) is 5.02 Å². The number of benzene rings is 1. The summed E-state index contributed by atoms with van der Waals surface area (Å²) in [7, 11) is 8.64. The minimum atomic E-state index is -4.74. The normalized spacial score (nSPS) is 27.4. The molecule has 6 rings (SSSR count). The summed E-state index contributed by atoms with van der Waals surface area (Å²) in [4.78, 5) is 186. The van der Waals surface area contributed by atoms with Crippen LogP contribution in [-0.4, -0.2) is 251 Å². The van der Waals surface area contributed by atoms with Crippen LogP contribution in [0.25, 0.3) is 0 Å². The van der Waals surface area contributed by atoms with Gasteiger partial charge in [0.05, 0.1) is 23.6 Å². The van der Waals surface area contributed by atoms with Crippen molar-refractivity contribution < 1.29 is 70.7 Å². The van der Waals surface area contributed by atoms with Crippen LogP contribution in [-0.2, 0) is 70.1 Å². The number of halogens is 4. The number of carbonyl (C=O) groups is 12. The van der Waals surface area contributed by atoms with Gasteiger partial charge in [-0.15, -0.1) is 0 Å². The number of alkyl halides is 3. The topological polar surface area (TPSA) is 270 Å². The number of aryl methyl sites for hydroxylation is 1. The van der Waals surface area contributed by atoms with E-state index in [1.165, 1.54) is 89.6 Å². The first-order valence-corrected chi connectivity index (χ1v) is 35.3. The lowest BCUT2D eigenvalue weighted by Crippen LogP contribution is -2.65. The van der Waals surface area contributed by atoms with Gasteiger partial charge < -0.3 is 60.0 Å². The summed E-state index contributed by atoms with van der Waals surface area (Å²) in [5.74, 6) is -7.93. The highest BCUT2D eigenvalue weighted by Gasteiger charge is 2.47. The molecule has 97 heavy (non-hydrogen) atoms. The van der Waals surface area contributed by atoms with Gasteiger partial charge in [0, 0.05) is 81.4 Å². The molecule has 4 saturated heterocycles. The third-order valence-electron chi connectivity index (χ3n) is 20.8. The van der Waals surface area contributed by atoms with E-state index in [0.717, 1.165) is 55.6 Å². The third-order valence-corrected chi connectivity index (χ3v) is 21.1. The lowest BCUT2D eigenvalue weighted by Gasteiger charge is -2.45. The van der Waals surface area contributed by atoms with E-state index < -0.39 is 167 Å². The summed E-state index contributed by atoms with van der Waals surface area (Å²) >= 11 is 6.10. The average molecular weight is 1390 g/mol. The van der Waals surface area contributed by atoms with Gasteiger partial charge in [0.2, 0.25) is 70.9 Å². The van der Waals surface area contributed by atoms with E-state index in [1.807, 2.05) is 6.92 Å². The zero-order valence-corrected chi connectivity index (χ0v) is 59.7. The minimum absolute atomic E-state index is 0.0347. The number of hydrogen-bond acceptors (Lipinski definition) is 12. The zero-order valence-electron chi connectivity index (χ0n) is 59.0. The number of fused-ring (bicyclic) bond motifs is 2. The van der Waals surface area contributed by atoms with Crippen LogP contribution in [0.4, 0.5) is 13.2 Å². The molecular weight excluding hydrogens is 1280 g/mol. The quantitative estimate of drug-likeness (QED) is 0.271. The molecule has 3 N–H and O–H groups in total. The monoisotopic (exact) mass is 1390 g/mol. The largest absolute Gasteiger partial charge is 0.417 e. The predicted molar refractivity (Wildman–Crippen MR) is 357 cm³/mol. The first kappa shape index (κ1) is 78.9. The van der Waals surface area contributed by atoms with Gasteiger partial charge in [0.15, 0.2) is 0 Å². The van der Waals surface area contributed by atoms with Gasteiger partial charge in [-0.25, -0.2) is 0 Å². The molecule has 542 valence electrons. The van der Waals surface area contributed by atoms with Crippen LogP contribution in [0.3, 0.4) is 0 Å². The Kier molecular flexibility index (Phi) is 29.0. The van der Waals surface area contributed by atoms with Crippen LogP contribution < -0.4 is 16.0 Å². The molecule has 1 aliphatic carbocycles. The molecule has 10 atom stereocenters. The van der Waals surface area contributed by atoms with Gasteiger partial charge in [-0.05, 0) is 119 Å². The third kappa shape index (κ3) is 19.9. The Labute approximate surface area is 575 Å². The summed E-state index contributed by atoms with van der Waals surface area (Å²) in [5.41, 5.74) is -0.729. The standard InChI is InChI=1S/C69H106ClF3N12O12/c1-13-43(5)58-67(96)78(8)44(6)62(91)85-37-32-52(85)65(94)80(10)53(39-45-24-17-15-18-25-45)64(93)77(7)41-55(86)75-49(31-29-46-28-30-47(48(70)38-46)69(71,72)73)63(92)84-36-23-26-51(84)60(89)74-33-20-19-27-56(87)82(12)59(42(3)4)68(97)81(11)54(66(95)83-34-21-16-22-35-83)40-57(88)79(9)50(14-2)61(90)76-58/h28,30,38,42-45,49-54,58-59H,13-27,29,31-37,39-41H2,1-12H3,(H,74,89)(H,75,86)(H,76,90)/t43-,44-,49-,50-,51-,52-,53-,54-,58-,59-/m0/s1. The summed E-state index contributed by atoms with van der Waals surface area (Å²) in [6.45, 7) is 10.9. The van der Waals surface area contributed by atoms with Crippen molar-refractivity contribution >= 4 is 82.5 Å². The molecule has 24 nitrogen and oxygen atoms in total. The van der Waals surface area contributed by atoms with Crippen LogP contribution in [0, 0.1) is 17.8 Å². The van der Waals surface area contributed by atoms with E-state index in [2.05, 4.69) is 16.0 Å². The second-order valence-corrected chi connectivity index (χ2v) is 28.2. The SMILES string of the molecule is CC[C@H](C)[C@@H]1NC(=O)[C@H](CC)N(C)C(=O)C[C@@H](C(=O)N2CCCCC2)N(C)C(=O)[C@H](C(C)C)N(C)C(=O)CCCCNC(=O)[C@@H]2CCCN2C(=O)[C@H](CCc2ccc(C(F)(F)F)c(Cl)c2)NC(=O)CN(C)C(=O)[C@H](CC2CCCCC2)N(C)C(=O)[C@@H]2CCN2C(=O)[C@H](C)N(C)C1=O. The van der Waals surface area contributed by atoms with Gasteiger partial charge in [-0.3, -0.25) is 57.5 Å². The predicted octanol–water partition coefficient (Wildman–Crippen LogP) is 5.25. The molecule has 0 unspecified atom stereocenters. The van der Waals surface area contributed by atoms with Crippen LogP contribution >= 0.6 is 11.6 Å². The van der Waals surface area contributed by atoms with Crippen molar-refractivity contribution in [1.82, 2.24) is 60.0 Å². The zero-order chi connectivity index (χ0) is 71.9. The molecule has 28 heteroatoms. The number of hydrogen-bond donors (Lipinski definition) is 3. The molecule has 12 amide bonds. The van der Waals surface area contributed by atoms with Crippen LogP contribution in [0.15, 0.2) is 18.2 Å². The Balaban J connectivity index is 1.33. The van der Waals surface area contributed by atoms with E-state index >= 15 is 0 Å². The maximum atomic E-state index is 14.9. The Bertz CT molecular complexity index is 3000. The molecule has 1 aromatic carbocycles. The van der Waals surface area contributed by atoms with Crippen molar-refractivity contribution in [3.63, 3.8) is 0 Å². The molecule has 0 aromatic heterocycles. The second-order valence-electron chi connectivity index (χ2n) is 27.8. The molecule has 0 bridgehead atoms. The maximum absolute atomic E-state index is 14.9. The Morgan fingerprint density at radius 3 is 1.88 bits per heavy atom. The second kappa shape index (κ2) is 35.6. The highest BCUT2D eigenvalue weighted by Crippen LogP contribution is 2.36. The van der Waals surface area contributed by atoms with E-state index in [0.29, 0.717) is 50.8 Å². The van der Waals surface area contributed by atoms with Crippen molar-refractivity contribution in [1.29, 1.82) is 0 Å². The Morgan fingerprint density at radius 1 is 0.629 bits per heavy atom. The number of nitrogens with zero attached hydrogens (tertiary/aromatic N) is 9. The van der Waals surface area contributed by atoms with E-state index in [9.17, 15) is 70.7 Å². The maximum Gasteiger partial charge on any atom is 0.417 e.